The Labute approximate surface area is 139 Å². The van der Waals surface area contributed by atoms with E-state index in [9.17, 15) is 5.11 Å². The molecule has 1 fully saturated rings. The molecule has 0 spiro atoms. The summed E-state index contributed by atoms with van der Waals surface area (Å²) < 4.78 is 10.8. The lowest BCUT2D eigenvalue weighted by atomic mass is 9.95. The number of nitrogens with one attached hydrogen (secondary N) is 1. The summed E-state index contributed by atoms with van der Waals surface area (Å²) in [6, 6.07) is 6.57. The second kappa shape index (κ2) is 5.14. The molecule has 0 saturated heterocycles. The Morgan fingerprint density at radius 3 is 2.87 bits per heavy atom. The van der Waals surface area contributed by atoms with Crippen LogP contribution in [-0.2, 0) is 13.0 Å². The first-order valence-electron chi connectivity index (χ1n) is 8.32. The van der Waals surface area contributed by atoms with Crippen LogP contribution < -0.4 is 14.4 Å². The normalized spacial score (nSPS) is 25.4. The van der Waals surface area contributed by atoms with E-state index in [0.717, 1.165) is 36.7 Å². The lowest BCUT2D eigenvalue weighted by Gasteiger charge is -2.33. The van der Waals surface area contributed by atoms with E-state index in [4.69, 9.17) is 9.47 Å². The second-order valence-corrected chi connectivity index (χ2v) is 7.78. The lowest BCUT2D eigenvalue weighted by molar-refractivity contribution is -0.949. The fourth-order valence-corrected chi connectivity index (χ4v) is 4.98. The molecular weight excluding hydrogens is 310 g/mol. The highest BCUT2D eigenvalue weighted by atomic mass is 32.1. The minimum atomic E-state index is 0.248. The summed E-state index contributed by atoms with van der Waals surface area (Å²) in [7, 11) is 0. The molecule has 1 aliphatic carbocycles. The van der Waals surface area contributed by atoms with Gasteiger partial charge in [-0.2, -0.15) is 0 Å². The molecule has 4 nitrogen and oxygen atoms in total. The third-order valence-electron chi connectivity index (χ3n) is 5.31. The molecule has 2 atom stereocenters. The number of quaternary nitrogens is 1. The van der Waals surface area contributed by atoms with Crippen LogP contribution in [0.25, 0.3) is 0 Å². The van der Waals surface area contributed by atoms with Crippen LogP contribution in [0.3, 0.4) is 0 Å². The molecule has 2 aromatic rings. The number of thiophene rings is 1. The van der Waals surface area contributed by atoms with E-state index in [1.807, 2.05) is 17.4 Å². The van der Waals surface area contributed by atoms with Crippen LogP contribution >= 0.6 is 11.3 Å². The van der Waals surface area contributed by atoms with E-state index in [-0.39, 0.29) is 6.79 Å². The van der Waals surface area contributed by atoms with E-state index < -0.39 is 0 Å². The Kier molecular flexibility index (Phi) is 3.06. The molecule has 1 aromatic carbocycles. The Morgan fingerprint density at radius 2 is 2.04 bits per heavy atom. The van der Waals surface area contributed by atoms with E-state index >= 15 is 0 Å². The van der Waals surface area contributed by atoms with Crippen LogP contribution in [0.15, 0.2) is 23.6 Å². The predicted octanol–water partition coefficient (Wildman–Crippen LogP) is 2.27. The number of benzene rings is 1. The number of fused-ring (bicyclic) bond motifs is 2. The first kappa shape index (κ1) is 13.7. The quantitative estimate of drug-likeness (QED) is 0.907. The van der Waals surface area contributed by atoms with E-state index in [1.165, 1.54) is 12.8 Å². The van der Waals surface area contributed by atoms with Crippen molar-refractivity contribution in [3.63, 3.8) is 0 Å². The SMILES string of the molecule is Oc1cc2c(cc1C[NH+]1CCc3sccc3[C@H]1C1CC1)OCO2. The number of aromatic hydroxyl groups is 1. The Balaban J connectivity index is 1.46. The van der Waals surface area contributed by atoms with Crippen molar-refractivity contribution in [3.05, 3.63) is 39.6 Å². The molecule has 2 aliphatic heterocycles. The molecule has 2 N–H and O–H groups in total. The van der Waals surface area contributed by atoms with Gasteiger partial charge in [-0.1, -0.05) is 0 Å². The Morgan fingerprint density at radius 1 is 1.22 bits per heavy atom. The molecule has 3 aliphatic rings. The van der Waals surface area contributed by atoms with Crippen molar-refractivity contribution in [3.8, 4) is 17.2 Å². The van der Waals surface area contributed by atoms with Gasteiger partial charge in [0, 0.05) is 28.8 Å². The monoisotopic (exact) mass is 330 g/mol. The molecular formula is C18H20NO3S+. The van der Waals surface area contributed by atoms with E-state index in [2.05, 4.69) is 11.4 Å². The standard InChI is InChI=1S/C18H19NO3S/c20-14-8-16-15(21-10-22-16)7-12(14)9-19-5-3-17-13(4-6-23-17)18(19)11-1-2-11/h4,6-8,11,18,20H,1-3,5,9-10H2/p+1/t18-/m1/s1. The van der Waals surface area contributed by atoms with Crippen molar-refractivity contribution in [2.24, 2.45) is 5.92 Å². The lowest BCUT2D eigenvalue weighted by Crippen LogP contribution is -3.12. The number of rotatable bonds is 3. The number of phenols is 1. The molecule has 3 heterocycles. The molecule has 1 unspecified atom stereocenters. The molecule has 0 amide bonds. The Hall–Kier alpha value is -1.72. The maximum atomic E-state index is 10.4. The van der Waals surface area contributed by atoms with Gasteiger partial charge in [0.15, 0.2) is 11.5 Å². The Bertz CT molecular complexity index is 753. The summed E-state index contributed by atoms with van der Waals surface area (Å²) in [5.41, 5.74) is 2.52. The van der Waals surface area contributed by atoms with E-state index in [1.54, 1.807) is 21.4 Å². The molecule has 0 radical (unpaired) electrons. The zero-order valence-corrected chi connectivity index (χ0v) is 13.7. The van der Waals surface area contributed by atoms with E-state index in [0.29, 0.717) is 17.5 Å². The van der Waals surface area contributed by atoms with Gasteiger partial charge in [-0.05, 0) is 30.4 Å². The van der Waals surface area contributed by atoms with Gasteiger partial charge in [-0.15, -0.1) is 11.3 Å². The van der Waals surface area contributed by atoms with Crippen LogP contribution in [-0.4, -0.2) is 18.4 Å². The van der Waals surface area contributed by atoms with Gasteiger partial charge < -0.3 is 19.5 Å². The second-order valence-electron chi connectivity index (χ2n) is 6.78. The maximum Gasteiger partial charge on any atom is 0.231 e. The summed E-state index contributed by atoms with van der Waals surface area (Å²) in [5, 5.41) is 12.6. The minimum absolute atomic E-state index is 0.248. The van der Waals surface area contributed by atoms with Crippen LogP contribution in [0.4, 0.5) is 0 Å². The summed E-state index contributed by atoms with van der Waals surface area (Å²) in [5.74, 6) is 2.55. The van der Waals surface area contributed by atoms with Crippen LogP contribution in [0.5, 0.6) is 17.2 Å². The summed E-state index contributed by atoms with van der Waals surface area (Å²) in [6.45, 7) is 2.24. The van der Waals surface area contributed by atoms with Gasteiger partial charge in [-0.25, -0.2) is 0 Å². The van der Waals surface area contributed by atoms with Gasteiger partial charge in [0.1, 0.15) is 18.3 Å². The highest BCUT2D eigenvalue weighted by molar-refractivity contribution is 7.10. The van der Waals surface area contributed by atoms with Crippen molar-refractivity contribution in [1.82, 2.24) is 0 Å². The van der Waals surface area contributed by atoms with Crippen LogP contribution in [0.1, 0.15) is 34.9 Å². The zero-order valence-electron chi connectivity index (χ0n) is 12.9. The van der Waals surface area contributed by atoms with Crippen LogP contribution in [0.2, 0.25) is 0 Å². The number of ether oxygens (including phenoxy) is 2. The first-order chi connectivity index (χ1) is 11.3. The molecule has 5 heteroatoms. The number of hydrogen-bond donors (Lipinski definition) is 2. The highest BCUT2D eigenvalue weighted by Crippen LogP contribution is 2.43. The highest BCUT2D eigenvalue weighted by Gasteiger charge is 2.43. The third kappa shape index (κ3) is 2.30. The van der Waals surface area contributed by atoms with Crippen LogP contribution in [0, 0.1) is 5.92 Å². The zero-order chi connectivity index (χ0) is 15.4. The van der Waals surface area contributed by atoms with Gasteiger partial charge in [-0.3, -0.25) is 0 Å². The predicted molar refractivity (Wildman–Crippen MR) is 87.3 cm³/mol. The summed E-state index contributed by atoms with van der Waals surface area (Å²) >= 11 is 1.90. The number of phenolic OH excluding ortho intramolecular Hbond substituents is 1. The van der Waals surface area contributed by atoms with Gasteiger partial charge in [0.25, 0.3) is 0 Å². The maximum absolute atomic E-state index is 10.4. The average molecular weight is 330 g/mol. The molecule has 120 valence electrons. The van der Waals surface area contributed by atoms with Gasteiger partial charge >= 0.3 is 0 Å². The summed E-state index contributed by atoms with van der Waals surface area (Å²) in [6.07, 6.45) is 3.84. The number of hydrogen-bond acceptors (Lipinski definition) is 4. The van der Waals surface area contributed by atoms with Gasteiger partial charge in [0.05, 0.1) is 12.1 Å². The summed E-state index contributed by atoms with van der Waals surface area (Å²) in [4.78, 5) is 3.15. The van der Waals surface area contributed by atoms with Crippen molar-refractivity contribution in [1.29, 1.82) is 0 Å². The van der Waals surface area contributed by atoms with Crippen molar-refractivity contribution < 1.29 is 19.5 Å². The fourth-order valence-electron chi connectivity index (χ4n) is 4.06. The average Bonchev–Trinajstić information content (AvgIpc) is 3.09. The fraction of sp³-hybridized carbons (Fsp3) is 0.444. The van der Waals surface area contributed by atoms with Gasteiger partial charge in [0.2, 0.25) is 6.79 Å². The third-order valence-corrected chi connectivity index (χ3v) is 6.31. The molecule has 23 heavy (non-hydrogen) atoms. The first-order valence-corrected chi connectivity index (χ1v) is 9.20. The van der Waals surface area contributed by atoms with Crippen molar-refractivity contribution in [2.75, 3.05) is 13.3 Å². The minimum Gasteiger partial charge on any atom is -0.507 e. The topological polar surface area (TPSA) is 43.1 Å². The molecule has 1 aromatic heterocycles. The van der Waals surface area contributed by atoms with Crippen molar-refractivity contribution >= 4 is 11.3 Å². The molecule has 1 saturated carbocycles. The largest absolute Gasteiger partial charge is 0.507 e. The smallest absolute Gasteiger partial charge is 0.231 e. The molecule has 0 bridgehead atoms. The van der Waals surface area contributed by atoms with Crippen molar-refractivity contribution in [2.45, 2.75) is 31.8 Å². The molecule has 5 rings (SSSR count).